The highest BCUT2D eigenvalue weighted by Gasteiger charge is 2.39. The third kappa shape index (κ3) is 6.08. The topological polar surface area (TPSA) is 81.3 Å². The number of nitrogens with zero attached hydrogens (tertiary/aromatic N) is 4. The van der Waals surface area contributed by atoms with Crippen molar-refractivity contribution in [1.82, 2.24) is 19.2 Å². The van der Waals surface area contributed by atoms with Gasteiger partial charge in [0, 0.05) is 34.8 Å². The van der Waals surface area contributed by atoms with Crippen molar-refractivity contribution in [3.63, 3.8) is 0 Å². The molecule has 5 aromatic carbocycles. The molecule has 0 aliphatic rings. The van der Waals surface area contributed by atoms with Crippen LogP contribution < -0.4 is 4.72 Å². The molecule has 0 atom stereocenters. The zero-order valence-electron chi connectivity index (χ0n) is 27.6. The Morgan fingerprint density at radius 3 is 1.90 bits per heavy atom. The van der Waals surface area contributed by atoms with Crippen LogP contribution in [0.2, 0.25) is 0 Å². The minimum Gasteiger partial charge on any atom is -0.299 e. The van der Waals surface area contributed by atoms with Crippen LogP contribution in [-0.4, -0.2) is 33.8 Å². The van der Waals surface area contributed by atoms with Gasteiger partial charge in [0.05, 0.1) is 24.3 Å². The highest BCUT2D eigenvalue weighted by Crippen LogP contribution is 2.42. The normalized spacial score (nSPS) is 11.9. The Labute approximate surface area is 295 Å². The first kappa shape index (κ1) is 31.9. The summed E-state index contributed by atoms with van der Waals surface area (Å²) in [7, 11) is -3.38. The lowest BCUT2D eigenvalue weighted by Crippen LogP contribution is -2.38. The van der Waals surface area contributed by atoms with Crippen LogP contribution in [0.1, 0.15) is 16.7 Å². The van der Waals surface area contributed by atoms with Crippen LogP contribution in [0.5, 0.6) is 0 Å². The molecule has 250 valence electrons. The summed E-state index contributed by atoms with van der Waals surface area (Å²) in [6.45, 7) is 0. The summed E-state index contributed by atoms with van der Waals surface area (Å²) in [6.07, 6.45) is 8.95. The van der Waals surface area contributed by atoms with Gasteiger partial charge in [0.15, 0.2) is 0 Å². The van der Waals surface area contributed by atoms with Crippen LogP contribution in [0.4, 0.5) is 10.1 Å². The maximum atomic E-state index is 13.9. The SMILES string of the molecule is CS(=O)(=O)Nc1ccc(-c2cnc3ccc(-c4cnn(C(c5ccccc5)(c5ccccc5)c5cccc(-c6ccc(F)cc6)c5)c4)cn23)cc1. The molecular formula is C42H32FN5O2S. The van der Waals surface area contributed by atoms with Crippen molar-refractivity contribution in [3.8, 4) is 33.5 Å². The molecule has 1 N–H and O–H groups in total. The second kappa shape index (κ2) is 12.9. The Bertz CT molecular complexity index is 2540. The number of rotatable bonds is 9. The molecule has 0 fully saturated rings. The summed E-state index contributed by atoms with van der Waals surface area (Å²) in [5.74, 6) is -0.275. The van der Waals surface area contributed by atoms with E-state index in [9.17, 15) is 12.8 Å². The zero-order valence-corrected chi connectivity index (χ0v) is 28.4. The number of hydrogen-bond acceptors (Lipinski definition) is 4. The zero-order chi connectivity index (χ0) is 35.0. The number of nitrogens with one attached hydrogen (secondary N) is 1. The van der Waals surface area contributed by atoms with Crippen LogP contribution >= 0.6 is 0 Å². The van der Waals surface area contributed by atoms with E-state index in [1.807, 2.05) is 100 Å². The molecule has 3 heterocycles. The van der Waals surface area contributed by atoms with E-state index < -0.39 is 15.6 Å². The fourth-order valence-corrected chi connectivity index (χ4v) is 7.33. The Hall–Kier alpha value is -6.32. The minimum absolute atomic E-state index is 0.275. The van der Waals surface area contributed by atoms with Crippen LogP contribution in [-0.2, 0) is 15.6 Å². The van der Waals surface area contributed by atoms with Crippen LogP contribution in [0.25, 0.3) is 39.2 Å². The first-order chi connectivity index (χ1) is 24.8. The first-order valence-electron chi connectivity index (χ1n) is 16.4. The average Bonchev–Trinajstić information content (AvgIpc) is 3.81. The molecular weight excluding hydrogens is 658 g/mol. The molecule has 0 aliphatic heterocycles. The van der Waals surface area contributed by atoms with Gasteiger partial charge in [-0.15, -0.1) is 0 Å². The summed E-state index contributed by atoms with van der Waals surface area (Å²) in [5, 5.41) is 5.08. The standard InChI is InChI=1S/C42H32FN5O2S/c1-51(49,50)46-39-22-17-31(18-23-39)40-27-44-41-24-19-33(28-47(40)41)34-26-45-48(29-34)42(35-10-4-2-5-11-35,36-12-6-3-7-13-36)37-14-8-9-32(25-37)30-15-20-38(43)21-16-30/h2-29,46H,1H3. The number of imidazole rings is 1. The van der Waals surface area contributed by atoms with Crippen molar-refractivity contribution in [3.05, 3.63) is 193 Å². The molecule has 3 aromatic heterocycles. The number of benzene rings is 5. The van der Waals surface area contributed by atoms with E-state index in [1.54, 1.807) is 24.3 Å². The Kier molecular flexibility index (Phi) is 8.04. The summed E-state index contributed by atoms with van der Waals surface area (Å²) in [6, 6.07) is 46.8. The van der Waals surface area contributed by atoms with E-state index >= 15 is 0 Å². The lowest BCUT2D eigenvalue weighted by atomic mass is 9.76. The lowest BCUT2D eigenvalue weighted by molar-refractivity contribution is 0.460. The summed E-state index contributed by atoms with van der Waals surface area (Å²) in [4.78, 5) is 4.62. The van der Waals surface area contributed by atoms with Crippen LogP contribution in [0, 0.1) is 5.82 Å². The maximum Gasteiger partial charge on any atom is 0.229 e. The van der Waals surface area contributed by atoms with E-state index in [1.165, 1.54) is 12.1 Å². The molecule has 0 amide bonds. The largest absolute Gasteiger partial charge is 0.299 e. The van der Waals surface area contributed by atoms with Crippen LogP contribution in [0.3, 0.4) is 0 Å². The molecule has 0 saturated carbocycles. The molecule has 0 bridgehead atoms. The number of sulfonamides is 1. The van der Waals surface area contributed by atoms with Crippen molar-refractivity contribution in [2.75, 3.05) is 11.0 Å². The number of hydrogen-bond donors (Lipinski definition) is 1. The fraction of sp³-hybridized carbons (Fsp3) is 0.0476. The Balaban J connectivity index is 1.27. The molecule has 0 saturated heterocycles. The van der Waals surface area contributed by atoms with E-state index in [0.717, 1.165) is 62.1 Å². The third-order valence-electron chi connectivity index (χ3n) is 9.09. The highest BCUT2D eigenvalue weighted by molar-refractivity contribution is 7.92. The van der Waals surface area contributed by atoms with Crippen molar-refractivity contribution < 1.29 is 12.8 Å². The predicted molar refractivity (Wildman–Crippen MR) is 200 cm³/mol. The number of fused-ring (bicyclic) bond motifs is 1. The molecule has 0 unspecified atom stereocenters. The van der Waals surface area contributed by atoms with Gasteiger partial charge in [0.25, 0.3) is 0 Å². The smallest absolute Gasteiger partial charge is 0.229 e. The van der Waals surface area contributed by atoms with Crippen LogP contribution in [0.15, 0.2) is 170 Å². The van der Waals surface area contributed by atoms with Gasteiger partial charge in [0.1, 0.15) is 17.0 Å². The second-order valence-electron chi connectivity index (χ2n) is 12.4. The molecule has 0 spiro atoms. The van der Waals surface area contributed by atoms with Crippen molar-refractivity contribution in [2.45, 2.75) is 5.54 Å². The average molecular weight is 690 g/mol. The van der Waals surface area contributed by atoms with Gasteiger partial charge >= 0.3 is 0 Å². The van der Waals surface area contributed by atoms with Gasteiger partial charge in [-0.2, -0.15) is 5.10 Å². The molecule has 8 rings (SSSR count). The third-order valence-corrected chi connectivity index (χ3v) is 9.70. The number of halogens is 1. The predicted octanol–water partition coefficient (Wildman–Crippen LogP) is 8.88. The Morgan fingerprint density at radius 2 is 1.24 bits per heavy atom. The number of aromatic nitrogens is 4. The van der Waals surface area contributed by atoms with E-state index in [-0.39, 0.29) is 5.82 Å². The molecule has 0 aliphatic carbocycles. The van der Waals surface area contributed by atoms with Crippen molar-refractivity contribution in [1.29, 1.82) is 0 Å². The lowest BCUT2D eigenvalue weighted by Gasteiger charge is -2.36. The number of pyridine rings is 1. The minimum atomic E-state index is -3.38. The van der Waals surface area contributed by atoms with Gasteiger partial charge in [-0.3, -0.25) is 13.8 Å². The van der Waals surface area contributed by atoms with Gasteiger partial charge in [0.2, 0.25) is 10.0 Å². The molecule has 51 heavy (non-hydrogen) atoms. The molecule has 7 nitrogen and oxygen atoms in total. The Morgan fingerprint density at radius 1 is 0.608 bits per heavy atom. The van der Waals surface area contributed by atoms with Crippen molar-refractivity contribution in [2.24, 2.45) is 0 Å². The molecule has 0 radical (unpaired) electrons. The monoisotopic (exact) mass is 689 g/mol. The van der Waals surface area contributed by atoms with Gasteiger partial charge in [-0.1, -0.05) is 103 Å². The molecule has 8 aromatic rings. The fourth-order valence-electron chi connectivity index (χ4n) is 6.77. The van der Waals surface area contributed by atoms with Gasteiger partial charge < -0.3 is 0 Å². The first-order valence-corrected chi connectivity index (χ1v) is 18.3. The van der Waals surface area contributed by atoms with E-state index in [2.05, 4.69) is 52.3 Å². The quantitative estimate of drug-likeness (QED) is 0.154. The number of anilines is 1. The summed E-state index contributed by atoms with van der Waals surface area (Å²) in [5.41, 5.74) is 8.97. The van der Waals surface area contributed by atoms with E-state index in [4.69, 9.17) is 5.10 Å². The van der Waals surface area contributed by atoms with Gasteiger partial charge in [-0.05, 0) is 70.3 Å². The van der Waals surface area contributed by atoms with Gasteiger partial charge in [-0.25, -0.2) is 17.8 Å². The van der Waals surface area contributed by atoms with Crippen molar-refractivity contribution >= 4 is 21.4 Å². The van der Waals surface area contributed by atoms with E-state index in [0.29, 0.717) is 5.69 Å². The maximum absolute atomic E-state index is 13.9. The summed E-state index contributed by atoms with van der Waals surface area (Å²) < 4.78 is 43.9. The molecule has 9 heteroatoms. The highest BCUT2D eigenvalue weighted by atomic mass is 32.2. The second-order valence-corrected chi connectivity index (χ2v) is 14.2. The summed E-state index contributed by atoms with van der Waals surface area (Å²) >= 11 is 0.